The second kappa shape index (κ2) is 7.01. The van der Waals surface area contributed by atoms with E-state index in [0.717, 1.165) is 4.31 Å². The van der Waals surface area contributed by atoms with E-state index in [2.05, 4.69) is 31.0 Å². The van der Waals surface area contributed by atoms with Gasteiger partial charge in [0.2, 0.25) is 20.0 Å². The first-order valence-electron chi connectivity index (χ1n) is 5.83. The summed E-state index contributed by atoms with van der Waals surface area (Å²) in [6.45, 7) is -0.224. The average Bonchev–Trinajstić information content (AvgIpc) is 2.38. The molecule has 0 aliphatic rings. The first-order chi connectivity index (χ1) is 9.60. The van der Waals surface area contributed by atoms with Crippen molar-refractivity contribution in [1.29, 1.82) is 0 Å². The summed E-state index contributed by atoms with van der Waals surface area (Å²) in [7, 11) is -2.99. The van der Waals surface area contributed by atoms with Crippen molar-refractivity contribution >= 4 is 41.8 Å². The molecule has 120 valence electrons. The summed E-state index contributed by atoms with van der Waals surface area (Å²) in [5.74, 6) is -0.142. The highest BCUT2D eigenvalue weighted by atomic mass is 79.9. The Labute approximate surface area is 133 Å². The van der Waals surface area contributed by atoms with E-state index >= 15 is 0 Å². The number of nitrogens with one attached hydrogen (secondary N) is 2. The van der Waals surface area contributed by atoms with Crippen molar-refractivity contribution in [2.45, 2.75) is 4.90 Å². The van der Waals surface area contributed by atoms with Gasteiger partial charge in [0.25, 0.3) is 0 Å². The summed E-state index contributed by atoms with van der Waals surface area (Å²) in [5.41, 5.74) is 0. The van der Waals surface area contributed by atoms with Crippen LogP contribution in [0.2, 0.25) is 0 Å². The number of anilines is 1. The van der Waals surface area contributed by atoms with E-state index in [0.29, 0.717) is 4.47 Å². The predicted octanol–water partition coefficient (Wildman–Crippen LogP) is 0.0555. The second-order valence-corrected chi connectivity index (χ2v) is 9.20. The first-order valence-corrected chi connectivity index (χ1v) is 9.72. The third-order valence-electron chi connectivity index (χ3n) is 2.55. The minimum atomic E-state index is -3.86. The minimum Gasteiger partial charge on any atom is -0.372 e. The smallest absolute Gasteiger partial charge is 0.244 e. The van der Waals surface area contributed by atoms with Gasteiger partial charge in [0.1, 0.15) is 10.7 Å². The fourth-order valence-electron chi connectivity index (χ4n) is 1.38. The molecule has 0 amide bonds. The molecule has 8 nitrogen and oxygen atoms in total. The van der Waals surface area contributed by atoms with E-state index in [4.69, 9.17) is 0 Å². The highest BCUT2D eigenvalue weighted by Crippen LogP contribution is 2.22. The number of sulfonamides is 2. The van der Waals surface area contributed by atoms with Gasteiger partial charge in [-0.1, -0.05) is 0 Å². The highest BCUT2D eigenvalue weighted by molar-refractivity contribution is 9.10. The Bertz CT molecular complexity index is 704. The van der Waals surface area contributed by atoms with Crippen LogP contribution >= 0.6 is 15.9 Å². The molecule has 0 radical (unpaired) electrons. The molecule has 21 heavy (non-hydrogen) atoms. The first kappa shape index (κ1) is 18.3. The molecule has 2 N–H and O–H groups in total. The third-order valence-corrected chi connectivity index (χ3v) is 6.29. The maximum atomic E-state index is 12.2. The highest BCUT2D eigenvalue weighted by Gasteiger charge is 2.21. The van der Waals surface area contributed by atoms with Crippen LogP contribution in [-0.4, -0.2) is 59.6 Å². The van der Waals surface area contributed by atoms with E-state index in [1.807, 2.05) is 0 Å². The molecule has 0 fully saturated rings. The van der Waals surface area contributed by atoms with Crippen LogP contribution in [0.5, 0.6) is 0 Å². The second-order valence-electron chi connectivity index (χ2n) is 4.25. The molecule has 0 saturated heterocycles. The van der Waals surface area contributed by atoms with Gasteiger partial charge in [-0.2, -0.15) is 0 Å². The van der Waals surface area contributed by atoms with Gasteiger partial charge in [0, 0.05) is 38.4 Å². The van der Waals surface area contributed by atoms with Gasteiger partial charge >= 0.3 is 0 Å². The van der Waals surface area contributed by atoms with Crippen LogP contribution < -0.4 is 10.0 Å². The molecule has 1 heterocycles. The van der Waals surface area contributed by atoms with Crippen LogP contribution in [-0.2, 0) is 20.0 Å². The van der Waals surface area contributed by atoms with Crippen LogP contribution in [0.15, 0.2) is 21.6 Å². The predicted molar refractivity (Wildman–Crippen MR) is 84.1 cm³/mol. The maximum absolute atomic E-state index is 12.2. The molecule has 1 aromatic heterocycles. The lowest BCUT2D eigenvalue weighted by Gasteiger charge is -2.13. The van der Waals surface area contributed by atoms with Crippen LogP contribution in [0.1, 0.15) is 0 Å². The van der Waals surface area contributed by atoms with Crippen molar-refractivity contribution in [3.63, 3.8) is 0 Å². The van der Waals surface area contributed by atoms with Crippen LogP contribution in [0.25, 0.3) is 0 Å². The fraction of sp³-hybridized carbons (Fsp3) is 0.500. The number of pyridine rings is 1. The molecule has 1 rings (SSSR count). The molecular weight excluding hydrogens is 384 g/mol. The topological polar surface area (TPSA) is 108 Å². The Morgan fingerprint density at radius 3 is 2.43 bits per heavy atom. The number of rotatable bonds is 7. The quantitative estimate of drug-likeness (QED) is 0.669. The largest absolute Gasteiger partial charge is 0.372 e. The number of aromatic nitrogens is 1. The molecule has 0 unspecified atom stereocenters. The Kier molecular flexibility index (Phi) is 6.11. The van der Waals surface area contributed by atoms with Crippen molar-refractivity contribution in [2.24, 2.45) is 0 Å². The van der Waals surface area contributed by atoms with E-state index in [1.165, 1.54) is 26.4 Å². The molecule has 0 atom stereocenters. The molecule has 0 saturated carbocycles. The number of hydrogen-bond acceptors (Lipinski definition) is 6. The van der Waals surface area contributed by atoms with Crippen molar-refractivity contribution in [3.8, 4) is 0 Å². The van der Waals surface area contributed by atoms with Gasteiger partial charge in [-0.15, -0.1) is 0 Å². The summed E-state index contributed by atoms with van der Waals surface area (Å²) in [4.78, 5) is 3.89. The molecule has 0 aromatic carbocycles. The van der Waals surface area contributed by atoms with E-state index in [9.17, 15) is 16.8 Å². The molecule has 0 bridgehead atoms. The van der Waals surface area contributed by atoms with E-state index in [-0.39, 0.29) is 23.0 Å². The van der Waals surface area contributed by atoms with Gasteiger partial charge < -0.3 is 5.32 Å². The number of hydrogen-bond donors (Lipinski definition) is 2. The molecular formula is C10H17BrN4O4S2. The summed E-state index contributed by atoms with van der Waals surface area (Å²) in [6.07, 6.45) is 1.46. The monoisotopic (exact) mass is 400 g/mol. The lowest BCUT2D eigenvalue weighted by Crippen LogP contribution is -2.34. The molecule has 0 aliphatic carbocycles. The van der Waals surface area contributed by atoms with E-state index in [1.54, 1.807) is 7.05 Å². The van der Waals surface area contributed by atoms with Gasteiger partial charge in [0.15, 0.2) is 0 Å². The van der Waals surface area contributed by atoms with Crippen molar-refractivity contribution in [3.05, 3.63) is 16.7 Å². The summed E-state index contributed by atoms with van der Waals surface area (Å²) in [5, 5.41) is 2.68. The Balaban J connectivity index is 2.91. The Hall–Kier alpha value is -0.750. The summed E-state index contributed by atoms with van der Waals surface area (Å²) in [6, 6.07) is 1.39. The standard InChI is InChI=1S/C10H17BrN4O4S2/c1-12-10-9(6-8(11)7-13-10)21(18,19)14-4-5-20(16,17)15(2)3/h6-7,14H,4-5H2,1-3H3,(H,12,13). The van der Waals surface area contributed by atoms with Gasteiger partial charge in [-0.25, -0.2) is 30.8 Å². The minimum absolute atomic E-state index is 0.0540. The zero-order valence-electron chi connectivity index (χ0n) is 11.8. The van der Waals surface area contributed by atoms with Crippen LogP contribution in [0, 0.1) is 0 Å². The van der Waals surface area contributed by atoms with Crippen molar-refractivity contribution < 1.29 is 16.8 Å². The normalized spacial score (nSPS) is 12.6. The summed E-state index contributed by atoms with van der Waals surface area (Å²) < 4.78 is 51.4. The lowest BCUT2D eigenvalue weighted by molar-refractivity contribution is 0.519. The Morgan fingerprint density at radius 2 is 1.90 bits per heavy atom. The van der Waals surface area contributed by atoms with Crippen molar-refractivity contribution in [2.75, 3.05) is 38.8 Å². The average molecular weight is 401 g/mol. The van der Waals surface area contributed by atoms with Gasteiger partial charge in [-0.3, -0.25) is 0 Å². The maximum Gasteiger partial charge on any atom is 0.244 e. The fourth-order valence-corrected chi connectivity index (χ4v) is 3.93. The number of halogens is 1. The zero-order valence-corrected chi connectivity index (χ0v) is 15.0. The van der Waals surface area contributed by atoms with Gasteiger partial charge in [-0.05, 0) is 22.0 Å². The van der Waals surface area contributed by atoms with E-state index < -0.39 is 20.0 Å². The zero-order chi connectivity index (χ0) is 16.3. The third kappa shape index (κ3) is 4.88. The summed E-state index contributed by atoms with van der Waals surface area (Å²) >= 11 is 3.15. The molecule has 11 heteroatoms. The SMILES string of the molecule is CNc1ncc(Br)cc1S(=O)(=O)NCCS(=O)(=O)N(C)C. The van der Waals surface area contributed by atoms with Crippen LogP contribution in [0.3, 0.4) is 0 Å². The molecule has 0 aliphatic heterocycles. The van der Waals surface area contributed by atoms with Gasteiger partial charge in [0.05, 0.1) is 5.75 Å². The molecule has 0 spiro atoms. The number of nitrogens with zero attached hydrogens (tertiary/aromatic N) is 2. The Morgan fingerprint density at radius 1 is 1.29 bits per heavy atom. The van der Waals surface area contributed by atoms with Crippen molar-refractivity contribution in [1.82, 2.24) is 14.0 Å². The lowest BCUT2D eigenvalue weighted by atomic mass is 10.4. The van der Waals surface area contributed by atoms with Crippen LogP contribution in [0.4, 0.5) is 5.82 Å². The molecule has 1 aromatic rings.